The Kier molecular flexibility index (Phi) is 3.80. The molecule has 2 nitrogen and oxygen atoms in total. The first-order chi connectivity index (χ1) is 8.47. The Bertz CT molecular complexity index is 514. The molecule has 1 heterocycles. The van der Waals surface area contributed by atoms with Crippen LogP contribution in [0.5, 0.6) is 0 Å². The number of aliphatic imine (C=N–C) groups is 1. The van der Waals surface area contributed by atoms with Gasteiger partial charge in [-0.25, -0.2) is 13.8 Å². The monoisotopic (exact) mass is 269 g/mol. The fraction of sp³-hybridized carbons (Fsp3) is 0.385. The minimum Gasteiger partial charge on any atom is -0.271 e. The van der Waals surface area contributed by atoms with Crippen LogP contribution in [0.1, 0.15) is 19.4 Å². The Labute approximate surface area is 108 Å². The van der Waals surface area contributed by atoms with E-state index in [1.807, 2.05) is 13.8 Å². The summed E-state index contributed by atoms with van der Waals surface area (Å²) in [7, 11) is 0. The summed E-state index contributed by atoms with van der Waals surface area (Å²) in [5.41, 5.74) is 0.235. The summed E-state index contributed by atoms with van der Waals surface area (Å²) in [4.78, 5) is 15.5. The molecule has 1 atom stereocenters. The Morgan fingerprint density at radius 3 is 2.72 bits per heavy atom. The maximum absolute atomic E-state index is 13.5. The van der Waals surface area contributed by atoms with Crippen molar-refractivity contribution in [2.45, 2.75) is 25.5 Å². The highest BCUT2D eigenvalue weighted by Gasteiger charge is 2.30. The molecule has 0 saturated heterocycles. The third kappa shape index (κ3) is 2.77. The fourth-order valence-corrected chi connectivity index (χ4v) is 2.85. The second kappa shape index (κ2) is 5.18. The zero-order valence-corrected chi connectivity index (χ0v) is 10.9. The number of nitrogens with zero attached hydrogens (tertiary/aromatic N) is 1. The SMILES string of the molecule is CC(C)C1SC(Cc2cc(F)ccc2F)=NC1=O. The van der Waals surface area contributed by atoms with E-state index in [0.717, 1.165) is 18.2 Å². The Morgan fingerprint density at radius 2 is 2.11 bits per heavy atom. The molecule has 18 heavy (non-hydrogen) atoms. The molecule has 0 radical (unpaired) electrons. The number of carbonyl (C=O) groups excluding carboxylic acids is 1. The van der Waals surface area contributed by atoms with Crippen molar-refractivity contribution in [3.05, 3.63) is 35.4 Å². The van der Waals surface area contributed by atoms with Crippen LogP contribution < -0.4 is 0 Å². The lowest BCUT2D eigenvalue weighted by atomic mass is 10.1. The summed E-state index contributed by atoms with van der Waals surface area (Å²) in [6.45, 7) is 3.88. The van der Waals surface area contributed by atoms with E-state index in [9.17, 15) is 13.6 Å². The fourth-order valence-electron chi connectivity index (χ4n) is 1.75. The van der Waals surface area contributed by atoms with E-state index < -0.39 is 11.6 Å². The highest BCUT2D eigenvalue weighted by Crippen LogP contribution is 2.30. The molecular formula is C13H13F2NOS. The van der Waals surface area contributed by atoms with Crippen LogP contribution in [-0.4, -0.2) is 16.2 Å². The van der Waals surface area contributed by atoms with E-state index in [2.05, 4.69) is 4.99 Å². The molecular weight excluding hydrogens is 256 g/mol. The van der Waals surface area contributed by atoms with Crippen LogP contribution in [0.4, 0.5) is 8.78 Å². The average molecular weight is 269 g/mol. The van der Waals surface area contributed by atoms with E-state index >= 15 is 0 Å². The van der Waals surface area contributed by atoms with E-state index in [4.69, 9.17) is 0 Å². The van der Waals surface area contributed by atoms with Gasteiger partial charge in [0.05, 0.1) is 10.3 Å². The van der Waals surface area contributed by atoms with Gasteiger partial charge >= 0.3 is 0 Å². The zero-order valence-electron chi connectivity index (χ0n) is 10.1. The number of halogens is 2. The van der Waals surface area contributed by atoms with Crippen LogP contribution in [0.25, 0.3) is 0 Å². The largest absolute Gasteiger partial charge is 0.271 e. The third-order valence-corrected chi connectivity index (χ3v) is 4.20. The summed E-state index contributed by atoms with van der Waals surface area (Å²) in [6, 6.07) is 3.31. The van der Waals surface area contributed by atoms with Crippen molar-refractivity contribution in [3.63, 3.8) is 0 Å². The van der Waals surface area contributed by atoms with Crippen LogP contribution in [-0.2, 0) is 11.2 Å². The smallest absolute Gasteiger partial charge is 0.260 e. The van der Waals surface area contributed by atoms with E-state index in [1.54, 1.807) is 0 Å². The van der Waals surface area contributed by atoms with Crippen molar-refractivity contribution in [1.29, 1.82) is 0 Å². The molecule has 5 heteroatoms. The highest BCUT2D eigenvalue weighted by atomic mass is 32.2. The topological polar surface area (TPSA) is 29.4 Å². The van der Waals surface area contributed by atoms with Gasteiger partial charge in [-0.05, 0) is 29.7 Å². The second-order valence-electron chi connectivity index (χ2n) is 4.54. The van der Waals surface area contributed by atoms with Crippen LogP contribution in [0, 0.1) is 17.6 Å². The Balaban J connectivity index is 2.14. The van der Waals surface area contributed by atoms with E-state index in [1.165, 1.54) is 11.8 Å². The van der Waals surface area contributed by atoms with E-state index in [0.29, 0.717) is 5.04 Å². The number of thioether (sulfide) groups is 1. The van der Waals surface area contributed by atoms with Gasteiger partial charge in [-0.3, -0.25) is 4.79 Å². The molecule has 2 rings (SSSR count). The maximum Gasteiger partial charge on any atom is 0.260 e. The lowest BCUT2D eigenvalue weighted by Gasteiger charge is -2.10. The molecule has 1 aliphatic heterocycles. The molecule has 0 aliphatic carbocycles. The average Bonchev–Trinajstić information content (AvgIpc) is 2.65. The molecule has 0 saturated carbocycles. The van der Waals surface area contributed by atoms with Crippen LogP contribution >= 0.6 is 11.8 Å². The van der Waals surface area contributed by atoms with Gasteiger partial charge in [0.2, 0.25) is 0 Å². The first kappa shape index (κ1) is 13.2. The van der Waals surface area contributed by atoms with Gasteiger partial charge in [0.15, 0.2) is 0 Å². The van der Waals surface area contributed by atoms with Gasteiger partial charge in [-0.1, -0.05) is 25.6 Å². The normalized spacial score (nSPS) is 19.5. The summed E-state index contributed by atoms with van der Waals surface area (Å²) in [5, 5.41) is 0.361. The van der Waals surface area contributed by atoms with Gasteiger partial charge in [0, 0.05) is 6.42 Å². The second-order valence-corrected chi connectivity index (χ2v) is 5.75. The number of amides is 1. The van der Waals surface area contributed by atoms with Gasteiger partial charge in [-0.2, -0.15) is 0 Å². The molecule has 1 aliphatic rings. The number of hydrogen-bond donors (Lipinski definition) is 0. The lowest BCUT2D eigenvalue weighted by molar-refractivity contribution is -0.117. The predicted molar refractivity (Wildman–Crippen MR) is 68.7 cm³/mol. The molecule has 1 aromatic carbocycles. The summed E-state index contributed by atoms with van der Waals surface area (Å²) >= 11 is 1.35. The van der Waals surface area contributed by atoms with Gasteiger partial charge in [0.25, 0.3) is 5.91 Å². The van der Waals surface area contributed by atoms with Crippen molar-refractivity contribution in [3.8, 4) is 0 Å². The van der Waals surface area contributed by atoms with Crippen molar-refractivity contribution >= 4 is 22.7 Å². The van der Waals surface area contributed by atoms with Crippen LogP contribution in [0.3, 0.4) is 0 Å². The third-order valence-electron chi connectivity index (χ3n) is 2.70. The van der Waals surface area contributed by atoms with Crippen LogP contribution in [0.15, 0.2) is 23.2 Å². The first-order valence-electron chi connectivity index (χ1n) is 5.69. The van der Waals surface area contributed by atoms with Gasteiger partial charge in [-0.15, -0.1) is 0 Å². The molecule has 96 valence electrons. The molecule has 1 aromatic rings. The quantitative estimate of drug-likeness (QED) is 0.843. The standard InChI is InChI=1S/C13H13F2NOS/c1-7(2)12-13(17)16-11(18-12)6-8-5-9(14)3-4-10(8)15/h3-5,7,12H,6H2,1-2H3. The summed E-state index contributed by atoms with van der Waals surface area (Å²) < 4.78 is 26.5. The number of carbonyl (C=O) groups is 1. The maximum atomic E-state index is 13.5. The highest BCUT2D eigenvalue weighted by molar-refractivity contribution is 8.15. The minimum absolute atomic E-state index is 0.170. The lowest BCUT2D eigenvalue weighted by Crippen LogP contribution is -2.17. The van der Waals surface area contributed by atoms with Crippen molar-refractivity contribution in [2.24, 2.45) is 10.9 Å². The predicted octanol–water partition coefficient (Wildman–Crippen LogP) is 3.20. The number of hydrogen-bond acceptors (Lipinski definition) is 2. The Morgan fingerprint density at radius 1 is 1.39 bits per heavy atom. The first-order valence-corrected chi connectivity index (χ1v) is 6.57. The summed E-state index contributed by atoms with van der Waals surface area (Å²) in [6.07, 6.45) is 0.170. The molecule has 1 amide bonds. The zero-order chi connectivity index (χ0) is 13.3. The van der Waals surface area contributed by atoms with Crippen molar-refractivity contribution in [2.75, 3.05) is 0 Å². The Hall–Kier alpha value is -1.23. The molecule has 0 aromatic heterocycles. The van der Waals surface area contributed by atoms with Crippen LogP contribution in [0.2, 0.25) is 0 Å². The molecule has 1 unspecified atom stereocenters. The number of rotatable bonds is 3. The van der Waals surface area contributed by atoms with Gasteiger partial charge < -0.3 is 0 Å². The van der Waals surface area contributed by atoms with Crippen molar-refractivity contribution < 1.29 is 13.6 Å². The molecule has 0 bridgehead atoms. The van der Waals surface area contributed by atoms with Crippen molar-refractivity contribution in [1.82, 2.24) is 0 Å². The molecule has 0 fully saturated rings. The minimum atomic E-state index is -0.485. The molecule has 0 N–H and O–H groups in total. The summed E-state index contributed by atoms with van der Waals surface area (Å²) in [5.74, 6) is -0.954. The molecule has 0 spiro atoms. The number of benzene rings is 1. The van der Waals surface area contributed by atoms with Gasteiger partial charge in [0.1, 0.15) is 11.6 Å². The van der Waals surface area contributed by atoms with E-state index in [-0.39, 0.29) is 29.1 Å².